The van der Waals surface area contributed by atoms with Gasteiger partial charge in [0.15, 0.2) is 9.84 Å². The van der Waals surface area contributed by atoms with E-state index in [0.717, 1.165) is 11.3 Å². The molecule has 2 aromatic rings. The minimum absolute atomic E-state index is 0.112. The van der Waals surface area contributed by atoms with Gasteiger partial charge in [-0.15, -0.1) is 0 Å². The second kappa shape index (κ2) is 5.90. The maximum absolute atomic E-state index is 11.5. The normalized spacial score (nSPS) is 13.0. The third-order valence-electron chi connectivity index (χ3n) is 3.70. The third-order valence-corrected chi connectivity index (χ3v) is 4.83. The average Bonchev–Trinajstić information content (AvgIpc) is 2.42. The molecule has 0 saturated heterocycles. The van der Waals surface area contributed by atoms with Crippen molar-refractivity contribution in [2.24, 2.45) is 0 Å². The molecule has 112 valence electrons. The highest BCUT2D eigenvalue weighted by molar-refractivity contribution is 7.90. The van der Waals surface area contributed by atoms with Gasteiger partial charge in [0.05, 0.1) is 4.90 Å². The molecule has 0 aliphatic carbocycles. The Labute approximate surface area is 126 Å². The first-order valence-corrected chi connectivity index (χ1v) is 8.80. The summed E-state index contributed by atoms with van der Waals surface area (Å²) in [6.07, 6.45) is 1.22. The van der Waals surface area contributed by atoms with Gasteiger partial charge in [0, 0.05) is 18.0 Å². The predicted molar refractivity (Wildman–Crippen MR) is 87.5 cm³/mol. The van der Waals surface area contributed by atoms with E-state index < -0.39 is 9.84 Å². The first-order chi connectivity index (χ1) is 9.77. The Kier molecular flexibility index (Phi) is 4.37. The summed E-state index contributed by atoms with van der Waals surface area (Å²) in [4.78, 5) is 0.352. The number of nitrogens with one attached hydrogen (secondary N) is 1. The van der Waals surface area contributed by atoms with Gasteiger partial charge in [-0.1, -0.05) is 18.2 Å². The second-order valence-electron chi connectivity index (χ2n) is 5.51. The van der Waals surface area contributed by atoms with Crippen molar-refractivity contribution < 1.29 is 8.42 Å². The van der Waals surface area contributed by atoms with Gasteiger partial charge in [-0.05, 0) is 61.7 Å². The van der Waals surface area contributed by atoms with E-state index in [1.807, 2.05) is 12.1 Å². The Balaban J connectivity index is 2.16. The van der Waals surface area contributed by atoms with E-state index >= 15 is 0 Å². The molecule has 1 atom stereocenters. The number of rotatable bonds is 4. The zero-order chi connectivity index (χ0) is 15.6. The van der Waals surface area contributed by atoms with Gasteiger partial charge in [-0.25, -0.2) is 8.42 Å². The van der Waals surface area contributed by atoms with Crippen molar-refractivity contribution >= 4 is 15.5 Å². The van der Waals surface area contributed by atoms with Crippen LogP contribution in [0, 0.1) is 13.8 Å². The summed E-state index contributed by atoms with van der Waals surface area (Å²) in [5.41, 5.74) is 4.64. The van der Waals surface area contributed by atoms with Crippen LogP contribution in [0.4, 0.5) is 5.69 Å². The summed E-state index contributed by atoms with van der Waals surface area (Å²) < 4.78 is 22.9. The maximum Gasteiger partial charge on any atom is 0.175 e. The molecule has 21 heavy (non-hydrogen) atoms. The maximum atomic E-state index is 11.5. The molecule has 0 aliphatic rings. The van der Waals surface area contributed by atoms with Gasteiger partial charge in [-0.2, -0.15) is 0 Å². The molecule has 0 aliphatic heterocycles. The summed E-state index contributed by atoms with van der Waals surface area (Å²) >= 11 is 0. The fraction of sp³-hybridized carbons (Fsp3) is 0.294. The second-order valence-corrected chi connectivity index (χ2v) is 7.52. The first-order valence-electron chi connectivity index (χ1n) is 6.91. The van der Waals surface area contributed by atoms with Crippen LogP contribution in [-0.4, -0.2) is 14.7 Å². The highest BCUT2D eigenvalue weighted by atomic mass is 32.2. The number of aryl methyl sites for hydroxylation is 2. The lowest BCUT2D eigenvalue weighted by molar-refractivity contribution is 0.602. The van der Waals surface area contributed by atoms with Crippen LogP contribution in [0.5, 0.6) is 0 Å². The Bertz CT molecular complexity index is 734. The van der Waals surface area contributed by atoms with Crippen LogP contribution in [0.25, 0.3) is 0 Å². The van der Waals surface area contributed by atoms with Crippen LogP contribution >= 0.6 is 0 Å². The molecule has 0 spiro atoms. The first kappa shape index (κ1) is 15.6. The third kappa shape index (κ3) is 3.85. The molecule has 1 unspecified atom stereocenters. The lowest BCUT2D eigenvalue weighted by Gasteiger charge is -2.17. The van der Waals surface area contributed by atoms with E-state index in [0.29, 0.717) is 4.90 Å². The van der Waals surface area contributed by atoms with Crippen molar-refractivity contribution in [3.63, 3.8) is 0 Å². The molecule has 0 amide bonds. The smallest absolute Gasteiger partial charge is 0.175 e. The highest BCUT2D eigenvalue weighted by Crippen LogP contribution is 2.22. The van der Waals surface area contributed by atoms with Gasteiger partial charge >= 0.3 is 0 Å². The molecule has 0 fully saturated rings. The number of hydrogen-bond acceptors (Lipinski definition) is 3. The molecule has 0 heterocycles. The fourth-order valence-electron chi connectivity index (χ4n) is 2.17. The number of sulfone groups is 1. The van der Waals surface area contributed by atoms with Crippen LogP contribution < -0.4 is 5.32 Å². The number of benzene rings is 2. The quantitative estimate of drug-likeness (QED) is 0.932. The van der Waals surface area contributed by atoms with E-state index in [2.05, 4.69) is 44.3 Å². The van der Waals surface area contributed by atoms with Crippen molar-refractivity contribution in [3.05, 3.63) is 59.2 Å². The summed E-state index contributed by atoms with van der Waals surface area (Å²) in [5.74, 6) is 0. The van der Waals surface area contributed by atoms with Crippen LogP contribution in [-0.2, 0) is 9.84 Å². The van der Waals surface area contributed by atoms with Crippen LogP contribution in [0.3, 0.4) is 0 Å². The Hall–Kier alpha value is -1.81. The van der Waals surface area contributed by atoms with E-state index in [1.54, 1.807) is 12.1 Å². The topological polar surface area (TPSA) is 46.2 Å². The van der Waals surface area contributed by atoms with E-state index in [-0.39, 0.29) is 6.04 Å². The number of anilines is 1. The molecule has 0 bridgehead atoms. The molecular formula is C17H21NO2S. The molecule has 0 radical (unpaired) electrons. The lowest BCUT2D eigenvalue weighted by Crippen LogP contribution is -2.07. The van der Waals surface area contributed by atoms with Crippen molar-refractivity contribution in [3.8, 4) is 0 Å². The molecule has 0 aromatic heterocycles. The van der Waals surface area contributed by atoms with Gasteiger partial charge in [0.1, 0.15) is 0 Å². The lowest BCUT2D eigenvalue weighted by atomic mass is 10.1. The van der Waals surface area contributed by atoms with Crippen molar-refractivity contribution in [2.45, 2.75) is 31.7 Å². The summed E-state index contributed by atoms with van der Waals surface area (Å²) in [7, 11) is -3.13. The minimum atomic E-state index is -3.13. The number of hydrogen-bond donors (Lipinski definition) is 1. The standard InChI is InChI=1S/C17H21NO2S/c1-12-5-8-16(11-13(12)2)18-14(3)15-6-9-17(10-7-15)21(4,19)20/h5-11,14,18H,1-4H3. The minimum Gasteiger partial charge on any atom is -0.379 e. The highest BCUT2D eigenvalue weighted by Gasteiger charge is 2.09. The predicted octanol–water partition coefficient (Wildman–Crippen LogP) is 3.88. The largest absolute Gasteiger partial charge is 0.379 e. The molecule has 3 nitrogen and oxygen atoms in total. The molecular weight excluding hydrogens is 282 g/mol. The zero-order valence-electron chi connectivity index (χ0n) is 12.8. The van der Waals surface area contributed by atoms with Crippen molar-refractivity contribution in [2.75, 3.05) is 11.6 Å². The van der Waals surface area contributed by atoms with Crippen LogP contribution in [0.1, 0.15) is 29.7 Å². The van der Waals surface area contributed by atoms with E-state index in [9.17, 15) is 8.42 Å². The summed E-state index contributed by atoms with van der Waals surface area (Å²) in [5, 5.41) is 3.43. The Morgan fingerprint density at radius 2 is 1.57 bits per heavy atom. The zero-order valence-corrected chi connectivity index (χ0v) is 13.7. The van der Waals surface area contributed by atoms with Gasteiger partial charge in [0.25, 0.3) is 0 Å². The molecule has 0 saturated carbocycles. The van der Waals surface area contributed by atoms with E-state index in [1.165, 1.54) is 17.4 Å². The van der Waals surface area contributed by atoms with E-state index in [4.69, 9.17) is 0 Å². The summed E-state index contributed by atoms with van der Waals surface area (Å²) in [6.45, 7) is 6.24. The van der Waals surface area contributed by atoms with Crippen molar-refractivity contribution in [1.29, 1.82) is 0 Å². The Morgan fingerprint density at radius 1 is 0.952 bits per heavy atom. The molecule has 2 rings (SSSR count). The SMILES string of the molecule is Cc1ccc(NC(C)c2ccc(S(C)(=O)=O)cc2)cc1C. The van der Waals surface area contributed by atoms with Crippen molar-refractivity contribution in [1.82, 2.24) is 0 Å². The molecule has 2 aromatic carbocycles. The van der Waals surface area contributed by atoms with Gasteiger partial charge < -0.3 is 5.32 Å². The fourth-order valence-corrected chi connectivity index (χ4v) is 2.80. The van der Waals surface area contributed by atoms with Crippen LogP contribution in [0.15, 0.2) is 47.4 Å². The van der Waals surface area contributed by atoms with Gasteiger partial charge in [-0.3, -0.25) is 0 Å². The monoisotopic (exact) mass is 303 g/mol. The van der Waals surface area contributed by atoms with Gasteiger partial charge in [0.2, 0.25) is 0 Å². The molecule has 4 heteroatoms. The summed E-state index contributed by atoms with van der Waals surface area (Å²) in [6, 6.07) is 13.4. The molecule has 1 N–H and O–H groups in total. The Morgan fingerprint density at radius 3 is 2.10 bits per heavy atom. The van der Waals surface area contributed by atoms with Crippen LogP contribution in [0.2, 0.25) is 0 Å². The average molecular weight is 303 g/mol.